The van der Waals surface area contributed by atoms with Crippen LogP contribution in [0.5, 0.6) is 0 Å². The molecule has 2 amide bonds. The molecule has 7 heteroatoms. The van der Waals surface area contributed by atoms with Gasteiger partial charge >= 0.3 is 0 Å². The number of likely N-dealkylation sites (N-methyl/N-ethyl adjacent to an activating group) is 1. The van der Waals surface area contributed by atoms with Gasteiger partial charge in [-0.1, -0.05) is 29.3 Å². The lowest BCUT2D eigenvalue weighted by Gasteiger charge is -2.23. The minimum Gasteiger partial charge on any atom is -0.325 e. The van der Waals surface area contributed by atoms with Crippen LogP contribution in [0.3, 0.4) is 0 Å². The van der Waals surface area contributed by atoms with E-state index >= 15 is 0 Å². The van der Waals surface area contributed by atoms with Crippen molar-refractivity contribution in [2.75, 3.05) is 24.2 Å². The summed E-state index contributed by atoms with van der Waals surface area (Å²) >= 11 is 5.91. The van der Waals surface area contributed by atoms with Crippen LogP contribution in [0.25, 0.3) is 0 Å². The highest BCUT2D eigenvalue weighted by Gasteiger charge is 2.21. The van der Waals surface area contributed by atoms with Crippen LogP contribution < -0.4 is 10.6 Å². The summed E-state index contributed by atoms with van der Waals surface area (Å²) < 4.78 is 13.1. The van der Waals surface area contributed by atoms with Crippen molar-refractivity contribution in [3.8, 4) is 0 Å². The molecule has 2 N–H and O–H groups in total. The lowest BCUT2D eigenvalue weighted by atomic mass is 10.2. The van der Waals surface area contributed by atoms with Gasteiger partial charge in [-0.25, -0.2) is 4.39 Å². The number of hydrogen-bond acceptors (Lipinski definition) is 3. The maximum Gasteiger partial charge on any atom is 0.241 e. The van der Waals surface area contributed by atoms with Gasteiger partial charge in [0, 0.05) is 5.69 Å². The van der Waals surface area contributed by atoms with E-state index in [-0.39, 0.29) is 23.4 Å². The minimum absolute atomic E-state index is 0.0413. The largest absolute Gasteiger partial charge is 0.325 e. The quantitative estimate of drug-likeness (QED) is 0.807. The van der Waals surface area contributed by atoms with Crippen LogP contribution in [0.15, 0.2) is 42.5 Å². The first-order chi connectivity index (χ1) is 12.3. The summed E-state index contributed by atoms with van der Waals surface area (Å²) in [4.78, 5) is 26.1. The third kappa shape index (κ3) is 5.54. The standard InChI is InChI=1S/C19H21ClFN3O2/c1-12-4-7-15(8-5-12)22-18(25)11-24(3)13(2)19(26)23-17-9-6-14(21)10-16(17)20/h4-10,13H,11H2,1-3H3,(H,22,25)(H,23,26)/t13-/m1/s1. The number of amides is 2. The molecule has 2 aromatic carbocycles. The first-order valence-electron chi connectivity index (χ1n) is 8.09. The van der Waals surface area contributed by atoms with Gasteiger partial charge in [0.05, 0.1) is 23.3 Å². The van der Waals surface area contributed by atoms with Crippen molar-refractivity contribution in [1.82, 2.24) is 4.90 Å². The van der Waals surface area contributed by atoms with Gasteiger partial charge in [0.25, 0.3) is 0 Å². The number of benzene rings is 2. The third-order valence-electron chi connectivity index (χ3n) is 3.96. The number of halogens is 2. The van der Waals surface area contributed by atoms with E-state index < -0.39 is 11.9 Å². The van der Waals surface area contributed by atoms with Crippen molar-refractivity contribution in [1.29, 1.82) is 0 Å². The molecule has 0 radical (unpaired) electrons. The number of carbonyl (C=O) groups excluding carboxylic acids is 2. The van der Waals surface area contributed by atoms with E-state index in [0.29, 0.717) is 11.4 Å². The van der Waals surface area contributed by atoms with Crippen LogP contribution in [-0.2, 0) is 9.59 Å². The molecule has 2 rings (SSSR count). The number of anilines is 2. The second-order valence-corrected chi connectivity index (χ2v) is 6.53. The van der Waals surface area contributed by atoms with Crippen molar-refractivity contribution in [2.24, 2.45) is 0 Å². The molecule has 0 spiro atoms. The van der Waals surface area contributed by atoms with E-state index in [9.17, 15) is 14.0 Å². The summed E-state index contributed by atoms with van der Waals surface area (Å²) in [7, 11) is 1.67. The zero-order valence-corrected chi connectivity index (χ0v) is 15.6. The highest BCUT2D eigenvalue weighted by atomic mass is 35.5. The molecule has 5 nitrogen and oxygen atoms in total. The molecule has 0 saturated carbocycles. The monoisotopic (exact) mass is 377 g/mol. The molecule has 26 heavy (non-hydrogen) atoms. The first kappa shape index (κ1) is 19.9. The fourth-order valence-corrected chi connectivity index (χ4v) is 2.44. The molecule has 138 valence electrons. The molecule has 0 unspecified atom stereocenters. The van der Waals surface area contributed by atoms with Crippen LogP contribution in [0.2, 0.25) is 5.02 Å². The number of hydrogen-bond donors (Lipinski definition) is 2. The molecule has 0 bridgehead atoms. The zero-order chi connectivity index (χ0) is 19.3. The second-order valence-electron chi connectivity index (χ2n) is 6.12. The van der Waals surface area contributed by atoms with E-state index in [1.807, 2.05) is 31.2 Å². The summed E-state index contributed by atoms with van der Waals surface area (Å²) in [5, 5.41) is 5.54. The van der Waals surface area contributed by atoms with E-state index in [2.05, 4.69) is 10.6 Å². The van der Waals surface area contributed by atoms with Gasteiger partial charge in [-0.15, -0.1) is 0 Å². The average molecular weight is 378 g/mol. The summed E-state index contributed by atoms with van der Waals surface area (Å²) in [5.41, 5.74) is 2.12. The fraction of sp³-hybridized carbons (Fsp3) is 0.263. The van der Waals surface area contributed by atoms with Crippen molar-refractivity contribution in [3.63, 3.8) is 0 Å². The summed E-state index contributed by atoms with van der Waals surface area (Å²) in [6.45, 7) is 3.68. The Morgan fingerprint density at radius 1 is 1.15 bits per heavy atom. The smallest absolute Gasteiger partial charge is 0.241 e. The lowest BCUT2D eigenvalue weighted by Crippen LogP contribution is -2.43. The SMILES string of the molecule is Cc1ccc(NC(=O)CN(C)[C@H](C)C(=O)Nc2ccc(F)cc2Cl)cc1. The number of aryl methyl sites for hydroxylation is 1. The Labute approximate surface area is 157 Å². The molecule has 0 heterocycles. The highest BCUT2D eigenvalue weighted by molar-refractivity contribution is 6.33. The molecule has 0 aliphatic carbocycles. The first-order valence-corrected chi connectivity index (χ1v) is 8.46. The Hall–Kier alpha value is -2.44. The second kappa shape index (κ2) is 8.78. The molecular weight excluding hydrogens is 357 g/mol. The number of nitrogens with one attached hydrogen (secondary N) is 2. The van der Waals surface area contributed by atoms with E-state index in [1.165, 1.54) is 12.1 Å². The Balaban J connectivity index is 1.90. The van der Waals surface area contributed by atoms with Crippen LogP contribution in [0.4, 0.5) is 15.8 Å². The van der Waals surface area contributed by atoms with Gasteiger partial charge in [-0.2, -0.15) is 0 Å². The molecule has 0 aliphatic heterocycles. The van der Waals surface area contributed by atoms with Crippen molar-refractivity contribution < 1.29 is 14.0 Å². The predicted octanol–water partition coefficient (Wildman–Crippen LogP) is 3.69. The van der Waals surface area contributed by atoms with Crippen molar-refractivity contribution >= 4 is 34.8 Å². The number of nitrogens with zero attached hydrogens (tertiary/aromatic N) is 1. The van der Waals surface area contributed by atoms with Gasteiger partial charge in [0.2, 0.25) is 11.8 Å². The number of carbonyl (C=O) groups is 2. The maximum absolute atomic E-state index is 13.1. The predicted molar refractivity (Wildman–Crippen MR) is 102 cm³/mol. The van der Waals surface area contributed by atoms with Crippen LogP contribution >= 0.6 is 11.6 Å². The van der Waals surface area contributed by atoms with Gasteiger partial charge in [-0.3, -0.25) is 14.5 Å². The van der Waals surface area contributed by atoms with Crippen LogP contribution in [0, 0.1) is 12.7 Å². The number of rotatable bonds is 6. The topological polar surface area (TPSA) is 61.4 Å². The fourth-order valence-electron chi connectivity index (χ4n) is 2.23. The van der Waals surface area contributed by atoms with E-state index in [1.54, 1.807) is 18.9 Å². The third-order valence-corrected chi connectivity index (χ3v) is 4.27. The Morgan fingerprint density at radius 3 is 2.42 bits per heavy atom. The molecule has 0 aliphatic rings. The Bertz CT molecular complexity index is 796. The van der Waals surface area contributed by atoms with Crippen molar-refractivity contribution in [2.45, 2.75) is 19.9 Å². The minimum atomic E-state index is -0.583. The average Bonchev–Trinajstić information content (AvgIpc) is 2.58. The van der Waals surface area contributed by atoms with Gasteiger partial charge in [0.15, 0.2) is 0 Å². The molecule has 0 aromatic heterocycles. The summed E-state index contributed by atoms with van der Waals surface area (Å²) in [5.74, 6) is -1.05. The van der Waals surface area contributed by atoms with Gasteiger partial charge < -0.3 is 10.6 Å². The molecule has 2 aromatic rings. The molecular formula is C19H21ClFN3O2. The Kier molecular flexibility index (Phi) is 6.71. The van der Waals surface area contributed by atoms with Crippen LogP contribution in [-0.4, -0.2) is 36.3 Å². The lowest BCUT2D eigenvalue weighted by molar-refractivity contribution is -0.122. The highest BCUT2D eigenvalue weighted by Crippen LogP contribution is 2.22. The van der Waals surface area contributed by atoms with E-state index in [4.69, 9.17) is 11.6 Å². The van der Waals surface area contributed by atoms with Gasteiger partial charge in [0.1, 0.15) is 5.82 Å². The van der Waals surface area contributed by atoms with Gasteiger partial charge in [-0.05, 0) is 51.2 Å². The normalized spacial score (nSPS) is 11.9. The molecule has 0 saturated heterocycles. The summed E-state index contributed by atoms with van der Waals surface area (Å²) in [6.07, 6.45) is 0. The zero-order valence-electron chi connectivity index (χ0n) is 14.8. The van der Waals surface area contributed by atoms with E-state index in [0.717, 1.165) is 11.6 Å². The maximum atomic E-state index is 13.1. The van der Waals surface area contributed by atoms with Crippen LogP contribution in [0.1, 0.15) is 12.5 Å². The molecule has 1 atom stereocenters. The molecule has 0 fully saturated rings. The Morgan fingerprint density at radius 2 is 1.81 bits per heavy atom. The van der Waals surface area contributed by atoms with Crippen molar-refractivity contribution in [3.05, 3.63) is 58.9 Å². The summed E-state index contributed by atoms with van der Waals surface area (Å²) in [6, 6.07) is 10.6.